The fourth-order valence-corrected chi connectivity index (χ4v) is 9.65. The van der Waals surface area contributed by atoms with Gasteiger partial charge in [0.05, 0.1) is 16.7 Å². The molecule has 11 aromatic rings. The van der Waals surface area contributed by atoms with E-state index in [0.29, 0.717) is 0 Å². The number of aromatic nitrogens is 1. The van der Waals surface area contributed by atoms with Crippen molar-refractivity contribution in [2.75, 3.05) is 4.90 Å². The summed E-state index contributed by atoms with van der Waals surface area (Å²) in [6.45, 7) is 0. The molecular formula is C54H36N2S. The maximum atomic E-state index is 2.47. The van der Waals surface area contributed by atoms with Crippen molar-refractivity contribution in [3.05, 3.63) is 218 Å². The lowest BCUT2D eigenvalue weighted by atomic mass is 9.95. The largest absolute Gasteiger partial charge is 0.310 e. The monoisotopic (exact) mass is 744 g/mol. The SMILES string of the molecule is c1ccc(-c2cc(-c3ccccc3)c3c(c2)c2ccc(N(c4ccc5sc6ccccc6c5c4)c4ccccc4-c4ccccc4)cc2n3-c2ccccc2)cc1. The van der Waals surface area contributed by atoms with Gasteiger partial charge in [-0.2, -0.15) is 0 Å². The first-order valence-corrected chi connectivity index (χ1v) is 20.2. The smallest absolute Gasteiger partial charge is 0.0619 e. The van der Waals surface area contributed by atoms with Crippen molar-refractivity contribution < 1.29 is 0 Å². The molecule has 268 valence electrons. The van der Waals surface area contributed by atoms with Crippen LogP contribution in [0, 0.1) is 0 Å². The van der Waals surface area contributed by atoms with Gasteiger partial charge in [0, 0.05) is 59.1 Å². The summed E-state index contributed by atoms with van der Waals surface area (Å²) in [5.41, 5.74) is 14.0. The minimum atomic E-state index is 1.09. The Bertz CT molecular complexity index is 3220. The molecule has 0 saturated heterocycles. The molecule has 0 radical (unpaired) electrons. The Morgan fingerprint density at radius 1 is 0.351 bits per heavy atom. The third kappa shape index (κ3) is 5.71. The summed E-state index contributed by atoms with van der Waals surface area (Å²) in [5, 5.41) is 5.00. The molecular weight excluding hydrogens is 709 g/mol. The Kier molecular flexibility index (Phi) is 8.04. The molecule has 9 aromatic carbocycles. The second-order valence-corrected chi connectivity index (χ2v) is 15.6. The maximum Gasteiger partial charge on any atom is 0.0619 e. The predicted molar refractivity (Wildman–Crippen MR) is 245 cm³/mol. The fraction of sp³-hybridized carbons (Fsp3) is 0. The Balaban J connectivity index is 1.23. The minimum absolute atomic E-state index is 1.09. The number of anilines is 3. The van der Waals surface area contributed by atoms with E-state index in [2.05, 4.69) is 228 Å². The van der Waals surface area contributed by atoms with Crippen molar-refractivity contribution in [2.24, 2.45) is 0 Å². The van der Waals surface area contributed by atoms with Gasteiger partial charge in [-0.1, -0.05) is 152 Å². The molecule has 2 heterocycles. The van der Waals surface area contributed by atoms with Gasteiger partial charge in [0.15, 0.2) is 0 Å². The van der Waals surface area contributed by atoms with E-state index in [9.17, 15) is 0 Å². The summed E-state index contributed by atoms with van der Waals surface area (Å²) >= 11 is 1.85. The summed E-state index contributed by atoms with van der Waals surface area (Å²) in [7, 11) is 0. The van der Waals surface area contributed by atoms with Gasteiger partial charge < -0.3 is 9.47 Å². The van der Waals surface area contributed by atoms with E-state index < -0.39 is 0 Å². The topological polar surface area (TPSA) is 8.17 Å². The number of benzene rings is 9. The highest BCUT2D eigenvalue weighted by atomic mass is 32.1. The van der Waals surface area contributed by atoms with Gasteiger partial charge in [-0.3, -0.25) is 0 Å². The van der Waals surface area contributed by atoms with Crippen molar-refractivity contribution in [3.63, 3.8) is 0 Å². The van der Waals surface area contributed by atoms with Gasteiger partial charge in [0.2, 0.25) is 0 Å². The first-order valence-electron chi connectivity index (χ1n) is 19.4. The summed E-state index contributed by atoms with van der Waals surface area (Å²) in [5.74, 6) is 0. The van der Waals surface area contributed by atoms with Crippen LogP contribution in [0.4, 0.5) is 17.1 Å². The highest BCUT2D eigenvalue weighted by Gasteiger charge is 2.23. The van der Waals surface area contributed by atoms with E-state index in [-0.39, 0.29) is 0 Å². The van der Waals surface area contributed by atoms with Crippen LogP contribution in [0.3, 0.4) is 0 Å². The second kappa shape index (κ2) is 13.8. The lowest BCUT2D eigenvalue weighted by molar-refractivity contribution is 1.18. The van der Waals surface area contributed by atoms with E-state index in [1.165, 1.54) is 69.8 Å². The Hall–Kier alpha value is -7.20. The van der Waals surface area contributed by atoms with Crippen LogP contribution in [-0.4, -0.2) is 4.57 Å². The van der Waals surface area contributed by atoms with Gasteiger partial charge in [0.25, 0.3) is 0 Å². The van der Waals surface area contributed by atoms with Crippen molar-refractivity contribution in [3.8, 4) is 39.1 Å². The third-order valence-corrected chi connectivity index (χ3v) is 12.3. The predicted octanol–water partition coefficient (Wildman–Crippen LogP) is 15.6. The standard InChI is InChI=1S/C54H36N2S/c1-5-17-37(18-6-1)40-33-47(39-21-9-3-10-22-39)54-49(34-40)45-31-29-43(36-51(45)56(54)41-23-11-4-12-24-41)55(50-27-15-13-25-44(50)38-19-7-2-8-20-38)42-30-32-53-48(35-42)46-26-14-16-28-52(46)57-53/h1-36H. The van der Waals surface area contributed by atoms with Crippen LogP contribution in [0.1, 0.15) is 0 Å². The Labute approximate surface area is 335 Å². The molecule has 3 heteroatoms. The molecule has 0 unspecified atom stereocenters. The molecule has 0 atom stereocenters. The van der Waals surface area contributed by atoms with E-state index in [4.69, 9.17) is 0 Å². The molecule has 0 spiro atoms. The Morgan fingerprint density at radius 3 is 1.68 bits per heavy atom. The molecule has 0 N–H and O–H groups in total. The van der Waals surface area contributed by atoms with Gasteiger partial charge in [0.1, 0.15) is 0 Å². The molecule has 2 aromatic heterocycles. The quantitative estimate of drug-likeness (QED) is 0.158. The van der Waals surface area contributed by atoms with Gasteiger partial charge in [-0.15, -0.1) is 11.3 Å². The molecule has 0 fully saturated rings. The first-order chi connectivity index (χ1) is 28.3. The van der Waals surface area contributed by atoms with Gasteiger partial charge >= 0.3 is 0 Å². The van der Waals surface area contributed by atoms with E-state index in [1.54, 1.807) is 0 Å². The van der Waals surface area contributed by atoms with Crippen LogP contribution in [0.15, 0.2) is 218 Å². The average molecular weight is 745 g/mol. The van der Waals surface area contributed by atoms with Gasteiger partial charge in [-0.25, -0.2) is 0 Å². The lowest BCUT2D eigenvalue weighted by Gasteiger charge is -2.28. The molecule has 0 aliphatic carbocycles. The zero-order chi connectivity index (χ0) is 37.7. The number of fused-ring (bicyclic) bond motifs is 6. The highest BCUT2D eigenvalue weighted by molar-refractivity contribution is 7.25. The van der Waals surface area contributed by atoms with Crippen molar-refractivity contribution >= 4 is 70.4 Å². The number of hydrogen-bond acceptors (Lipinski definition) is 2. The molecule has 0 aliphatic rings. The van der Waals surface area contributed by atoms with E-state index in [1.807, 2.05) is 11.3 Å². The summed E-state index contributed by atoms with van der Waals surface area (Å²) in [6, 6.07) is 79.5. The van der Waals surface area contributed by atoms with E-state index in [0.717, 1.165) is 28.3 Å². The third-order valence-electron chi connectivity index (χ3n) is 11.2. The molecule has 11 rings (SSSR count). The van der Waals surface area contributed by atoms with Crippen LogP contribution in [0.5, 0.6) is 0 Å². The molecule has 0 amide bonds. The van der Waals surface area contributed by atoms with Crippen LogP contribution in [-0.2, 0) is 0 Å². The van der Waals surface area contributed by atoms with Crippen LogP contribution < -0.4 is 4.90 Å². The molecule has 2 nitrogen and oxygen atoms in total. The highest BCUT2D eigenvalue weighted by Crippen LogP contribution is 2.47. The number of thiophene rings is 1. The zero-order valence-corrected chi connectivity index (χ0v) is 31.9. The Morgan fingerprint density at radius 2 is 0.930 bits per heavy atom. The number of hydrogen-bond donors (Lipinski definition) is 0. The van der Waals surface area contributed by atoms with Crippen LogP contribution >= 0.6 is 11.3 Å². The average Bonchev–Trinajstić information content (AvgIpc) is 3.83. The zero-order valence-electron chi connectivity index (χ0n) is 31.1. The molecule has 0 bridgehead atoms. The van der Waals surface area contributed by atoms with E-state index >= 15 is 0 Å². The molecule has 0 saturated carbocycles. The minimum Gasteiger partial charge on any atom is -0.310 e. The maximum absolute atomic E-state index is 2.47. The fourth-order valence-electron chi connectivity index (χ4n) is 8.56. The lowest BCUT2D eigenvalue weighted by Crippen LogP contribution is -2.11. The first kappa shape index (κ1) is 33.2. The summed E-state index contributed by atoms with van der Waals surface area (Å²) < 4.78 is 5.07. The normalized spacial score (nSPS) is 11.5. The number of para-hydroxylation sites is 2. The van der Waals surface area contributed by atoms with Crippen molar-refractivity contribution in [1.82, 2.24) is 4.57 Å². The van der Waals surface area contributed by atoms with Crippen molar-refractivity contribution in [1.29, 1.82) is 0 Å². The van der Waals surface area contributed by atoms with Crippen LogP contribution in [0.25, 0.3) is 81.0 Å². The van der Waals surface area contributed by atoms with Crippen LogP contribution in [0.2, 0.25) is 0 Å². The number of nitrogens with zero attached hydrogens (tertiary/aromatic N) is 2. The molecule has 0 aliphatic heterocycles. The second-order valence-electron chi connectivity index (χ2n) is 14.5. The number of rotatable bonds is 7. The summed E-state index contributed by atoms with van der Waals surface area (Å²) in [4.78, 5) is 2.45. The van der Waals surface area contributed by atoms with Crippen molar-refractivity contribution in [2.45, 2.75) is 0 Å². The van der Waals surface area contributed by atoms with Gasteiger partial charge in [-0.05, 0) is 89.0 Å². The summed E-state index contributed by atoms with van der Waals surface area (Å²) in [6.07, 6.45) is 0. The molecule has 57 heavy (non-hydrogen) atoms.